The Morgan fingerprint density at radius 3 is 2.47 bits per heavy atom. The van der Waals surface area contributed by atoms with E-state index in [2.05, 4.69) is 0 Å². The molecule has 0 bridgehead atoms. The number of aliphatic carboxylic acids is 1. The van der Waals surface area contributed by atoms with Gasteiger partial charge in [0, 0.05) is 26.2 Å². The third-order valence-electron chi connectivity index (χ3n) is 3.37. The molecule has 0 radical (unpaired) electrons. The van der Waals surface area contributed by atoms with Crippen molar-refractivity contribution in [3.8, 4) is 0 Å². The van der Waals surface area contributed by atoms with Crippen molar-refractivity contribution in [2.45, 2.75) is 39.5 Å². The smallest absolute Gasteiger partial charge is 0.323 e. The lowest BCUT2D eigenvalue weighted by Gasteiger charge is -2.25. The van der Waals surface area contributed by atoms with E-state index in [0.29, 0.717) is 18.9 Å². The highest BCUT2D eigenvalue weighted by Gasteiger charge is 2.20. The van der Waals surface area contributed by atoms with Crippen molar-refractivity contribution in [1.29, 1.82) is 0 Å². The van der Waals surface area contributed by atoms with Crippen molar-refractivity contribution in [2.75, 3.05) is 26.3 Å². The van der Waals surface area contributed by atoms with Crippen LogP contribution in [0.25, 0.3) is 0 Å². The molecule has 1 N–H and O–H groups in total. The summed E-state index contributed by atoms with van der Waals surface area (Å²) in [7, 11) is 0. The molecule has 1 heterocycles. The minimum absolute atomic E-state index is 0.0393. The van der Waals surface area contributed by atoms with Gasteiger partial charge in [0.05, 0.1) is 0 Å². The summed E-state index contributed by atoms with van der Waals surface area (Å²) in [4.78, 5) is 24.3. The van der Waals surface area contributed by atoms with Gasteiger partial charge in [-0.25, -0.2) is 0 Å². The van der Waals surface area contributed by atoms with Crippen LogP contribution in [0.3, 0.4) is 0 Å². The molecule has 19 heavy (non-hydrogen) atoms. The number of hydrogen-bond acceptors (Lipinski definition) is 3. The molecule has 5 heteroatoms. The molecule has 0 aliphatic carbocycles. The normalized spacial score (nSPS) is 16.6. The van der Waals surface area contributed by atoms with E-state index in [4.69, 9.17) is 9.84 Å². The molecule has 0 aromatic rings. The van der Waals surface area contributed by atoms with Crippen LogP contribution in [-0.2, 0) is 14.3 Å². The van der Waals surface area contributed by atoms with Crippen molar-refractivity contribution < 1.29 is 19.4 Å². The Hall–Kier alpha value is -1.10. The summed E-state index contributed by atoms with van der Waals surface area (Å²) in [6, 6.07) is 0. The van der Waals surface area contributed by atoms with Crippen LogP contribution in [0.5, 0.6) is 0 Å². The molecular formula is C14H25NO4. The van der Waals surface area contributed by atoms with Gasteiger partial charge in [0.15, 0.2) is 0 Å². The molecular weight excluding hydrogens is 246 g/mol. The number of carboxylic acids is 1. The van der Waals surface area contributed by atoms with Crippen molar-refractivity contribution >= 4 is 11.9 Å². The summed E-state index contributed by atoms with van der Waals surface area (Å²) < 4.78 is 5.29. The van der Waals surface area contributed by atoms with Gasteiger partial charge in [-0.05, 0) is 31.1 Å². The van der Waals surface area contributed by atoms with Crippen molar-refractivity contribution in [3.05, 3.63) is 0 Å². The summed E-state index contributed by atoms with van der Waals surface area (Å²) >= 11 is 0. The van der Waals surface area contributed by atoms with Gasteiger partial charge in [-0.1, -0.05) is 13.8 Å². The highest BCUT2D eigenvalue weighted by atomic mass is 16.5. The summed E-state index contributed by atoms with van der Waals surface area (Å²) in [5.41, 5.74) is 0. The molecule has 0 spiro atoms. The third-order valence-corrected chi connectivity index (χ3v) is 3.37. The van der Waals surface area contributed by atoms with E-state index < -0.39 is 5.97 Å². The zero-order chi connectivity index (χ0) is 14.3. The Kier molecular flexibility index (Phi) is 6.84. The van der Waals surface area contributed by atoms with Crippen LogP contribution in [0.1, 0.15) is 39.5 Å². The minimum atomic E-state index is -0.944. The van der Waals surface area contributed by atoms with Crippen LogP contribution in [-0.4, -0.2) is 48.2 Å². The first kappa shape index (κ1) is 16.0. The number of nitrogens with zero attached hydrogens (tertiary/aromatic N) is 1. The second kappa shape index (κ2) is 8.15. The monoisotopic (exact) mass is 271 g/mol. The van der Waals surface area contributed by atoms with Crippen LogP contribution < -0.4 is 0 Å². The van der Waals surface area contributed by atoms with Gasteiger partial charge in [0.1, 0.15) is 6.54 Å². The average Bonchev–Trinajstić information content (AvgIpc) is 2.35. The minimum Gasteiger partial charge on any atom is -0.480 e. The first-order chi connectivity index (χ1) is 8.99. The lowest BCUT2D eigenvalue weighted by atomic mass is 9.94. The zero-order valence-electron chi connectivity index (χ0n) is 11.9. The fraction of sp³-hybridized carbons (Fsp3) is 0.857. The highest BCUT2D eigenvalue weighted by molar-refractivity contribution is 5.81. The first-order valence-electron chi connectivity index (χ1n) is 7.06. The van der Waals surface area contributed by atoms with E-state index in [1.54, 1.807) is 0 Å². The van der Waals surface area contributed by atoms with Gasteiger partial charge >= 0.3 is 5.97 Å². The first-order valence-corrected chi connectivity index (χ1v) is 7.06. The molecule has 0 atom stereocenters. The molecule has 0 unspecified atom stereocenters. The Morgan fingerprint density at radius 1 is 1.32 bits per heavy atom. The van der Waals surface area contributed by atoms with E-state index in [-0.39, 0.29) is 18.4 Å². The molecule has 1 aliphatic heterocycles. The Morgan fingerprint density at radius 2 is 1.95 bits per heavy atom. The zero-order valence-corrected chi connectivity index (χ0v) is 11.9. The Balaban J connectivity index is 2.39. The number of ether oxygens (including phenoxy) is 1. The second-order valence-electron chi connectivity index (χ2n) is 5.66. The van der Waals surface area contributed by atoms with Gasteiger partial charge in [0.25, 0.3) is 0 Å². The van der Waals surface area contributed by atoms with Gasteiger partial charge in [0.2, 0.25) is 5.91 Å². The number of carboxylic acid groups (broad SMARTS) is 1. The van der Waals surface area contributed by atoms with Crippen LogP contribution in [0, 0.1) is 11.8 Å². The Labute approximate surface area is 114 Å². The highest BCUT2D eigenvalue weighted by Crippen LogP contribution is 2.20. The van der Waals surface area contributed by atoms with E-state index in [1.165, 1.54) is 4.90 Å². The summed E-state index contributed by atoms with van der Waals surface area (Å²) in [6.45, 7) is 5.86. The molecule has 1 saturated heterocycles. The fourth-order valence-electron chi connectivity index (χ4n) is 2.38. The summed E-state index contributed by atoms with van der Waals surface area (Å²) in [5, 5.41) is 8.85. The molecule has 1 rings (SSSR count). The van der Waals surface area contributed by atoms with Crippen molar-refractivity contribution in [2.24, 2.45) is 11.8 Å². The van der Waals surface area contributed by atoms with E-state index in [0.717, 1.165) is 32.5 Å². The van der Waals surface area contributed by atoms with Gasteiger partial charge in [-0.15, -0.1) is 0 Å². The number of amides is 1. The fourth-order valence-corrected chi connectivity index (χ4v) is 2.38. The molecule has 1 amide bonds. The molecule has 1 aliphatic rings. The second-order valence-corrected chi connectivity index (χ2v) is 5.66. The predicted molar refractivity (Wildman–Crippen MR) is 71.8 cm³/mol. The molecule has 110 valence electrons. The van der Waals surface area contributed by atoms with Crippen molar-refractivity contribution in [1.82, 2.24) is 4.90 Å². The standard InChI is InChI=1S/C14H25NO4/c1-11(2)9-15(10-14(17)18)13(16)4-3-12-5-7-19-8-6-12/h11-12H,3-10H2,1-2H3,(H,17,18). The number of carbonyl (C=O) groups excluding carboxylic acids is 1. The SMILES string of the molecule is CC(C)CN(CC(=O)O)C(=O)CCC1CCOCC1. The summed E-state index contributed by atoms with van der Waals surface area (Å²) in [6.07, 6.45) is 3.31. The lowest BCUT2D eigenvalue weighted by Crippen LogP contribution is -2.38. The summed E-state index contributed by atoms with van der Waals surface area (Å²) in [5.74, 6) is -0.155. The number of rotatable bonds is 7. The maximum atomic E-state index is 12.1. The van der Waals surface area contributed by atoms with Gasteiger partial charge in [-0.3, -0.25) is 9.59 Å². The quantitative estimate of drug-likeness (QED) is 0.766. The molecule has 5 nitrogen and oxygen atoms in total. The van der Waals surface area contributed by atoms with E-state index in [9.17, 15) is 9.59 Å². The van der Waals surface area contributed by atoms with Gasteiger partial charge < -0.3 is 14.7 Å². The molecule has 0 aromatic carbocycles. The molecule has 0 aromatic heterocycles. The van der Waals surface area contributed by atoms with Crippen LogP contribution >= 0.6 is 0 Å². The molecule has 0 saturated carbocycles. The maximum absolute atomic E-state index is 12.1. The Bertz CT molecular complexity index is 298. The maximum Gasteiger partial charge on any atom is 0.323 e. The predicted octanol–water partition coefficient (Wildman–Crippen LogP) is 1.76. The average molecular weight is 271 g/mol. The van der Waals surface area contributed by atoms with Crippen molar-refractivity contribution in [3.63, 3.8) is 0 Å². The molecule has 1 fully saturated rings. The van der Waals surface area contributed by atoms with Crippen LogP contribution in [0.15, 0.2) is 0 Å². The topological polar surface area (TPSA) is 66.8 Å². The third kappa shape index (κ3) is 6.57. The van der Waals surface area contributed by atoms with Gasteiger partial charge in [-0.2, -0.15) is 0 Å². The number of carbonyl (C=O) groups is 2. The largest absolute Gasteiger partial charge is 0.480 e. The van der Waals surface area contributed by atoms with E-state index >= 15 is 0 Å². The van der Waals surface area contributed by atoms with E-state index in [1.807, 2.05) is 13.8 Å². The van der Waals surface area contributed by atoms with Crippen LogP contribution in [0.4, 0.5) is 0 Å². The number of hydrogen-bond donors (Lipinski definition) is 1. The lowest BCUT2D eigenvalue weighted by molar-refractivity contribution is -0.145. The van der Waals surface area contributed by atoms with Crippen LogP contribution in [0.2, 0.25) is 0 Å².